The third-order valence-electron chi connectivity index (χ3n) is 5.08. The Morgan fingerprint density at radius 3 is 3.00 bits per heavy atom. The zero-order chi connectivity index (χ0) is 16.9. The maximum Gasteiger partial charge on any atom is 0.374 e. The van der Waals surface area contributed by atoms with Gasteiger partial charge in [-0.1, -0.05) is 13.0 Å². The summed E-state index contributed by atoms with van der Waals surface area (Å²) in [6, 6.07) is 3.26. The number of furan rings is 1. The number of fused-ring (bicyclic) bond motifs is 2. The lowest BCUT2D eigenvalue weighted by Gasteiger charge is -2.40. The second-order valence-corrected chi connectivity index (χ2v) is 6.84. The van der Waals surface area contributed by atoms with Crippen LogP contribution in [0.1, 0.15) is 43.7 Å². The highest BCUT2D eigenvalue weighted by Gasteiger charge is 2.43. The van der Waals surface area contributed by atoms with Crippen LogP contribution in [0.2, 0.25) is 0 Å². The number of allylic oxidation sites excluding steroid dienone is 3. The van der Waals surface area contributed by atoms with Crippen LogP contribution in [0.3, 0.4) is 0 Å². The van der Waals surface area contributed by atoms with E-state index in [9.17, 15) is 9.59 Å². The van der Waals surface area contributed by atoms with Gasteiger partial charge in [0.1, 0.15) is 11.9 Å². The summed E-state index contributed by atoms with van der Waals surface area (Å²) in [6.07, 6.45) is 7.36. The van der Waals surface area contributed by atoms with Gasteiger partial charge in [0, 0.05) is 23.0 Å². The molecule has 1 aliphatic heterocycles. The predicted octanol–water partition coefficient (Wildman–Crippen LogP) is 3.69. The first-order valence-electron chi connectivity index (χ1n) is 8.05. The minimum atomic E-state index is -0.438. The second-order valence-electron chi connectivity index (χ2n) is 6.84. The third kappa shape index (κ3) is 2.31. The Hall–Kier alpha value is -2.56. The monoisotopic (exact) mass is 326 g/mol. The van der Waals surface area contributed by atoms with Crippen molar-refractivity contribution in [3.63, 3.8) is 0 Å². The Kier molecular flexibility index (Phi) is 3.27. The van der Waals surface area contributed by atoms with Gasteiger partial charge >= 0.3 is 11.9 Å². The topological polar surface area (TPSA) is 65.7 Å². The van der Waals surface area contributed by atoms with Crippen LogP contribution in [0.15, 0.2) is 57.4 Å². The molecule has 0 N–H and O–H groups in total. The summed E-state index contributed by atoms with van der Waals surface area (Å²) >= 11 is 0. The van der Waals surface area contributed by atoms with Crippen molar-refractivity contribution in [1.29, 1.82) is 0 Å². The number of ether oxygens (including phenoxy) is 2. The average molecular weight is 326 g/mol. The Labute approximate surface area is 139 Å². The van der Waals surface area contributed by atoms with Crippen molar-refractivity contribution in [3.05, 3.63) is 58.8 Å². The highest BCUT2D eigenvalue weighted by atomic mass is 16.6. The quantitative estimate of drug-likeness (QED) is 0.775. The van der Waals surface area contributed by atoms with E-state index in [2.05, 4.69) is 13.0 Å². The predicted molar refractivity (Wildman–Crippen MR) is 84.8 cm³/mol. The van der Waals surface area contributed by atoms with Crippen LogP contribution in [0.5, 0.6) is 0 Å². The van der Waals surface area contributed by atoms with Gasteiger partial charge in [-0.2, -0.15) is 0 Å². The van der Waals surface area contributed by atoms with E-state index in [1.165, 1.54) is 6.26 Å². The molecule has 0 saturated carbocycles. The summed E-state index contributed by atoms with van der Waals surface area (Å²) < 4.78 is 16.0. The Morgan fingerprint density at radius 1 is 1.42 bits per heavy atom. The molecular weight excluding hydrogens is 308 g/mol. The molecular formula is C19H18O5. The van der Waals surface area contributed by atoms with Gasteiger partial charge in [-0.15, -0.1) is 0 Å². The molecule has 0 unspecified atom stereocenters. The van der Waals surface area contributed by atoms with E-state index in [4.69, 9.17) is 13.9 Å². The number of rotatable bonds is 2. The maximum absolute atomic E-state index is 12.1. The van der Waals surface area contributed by atoms with E-state index >= 15 is 0 Å². The standard InChI is InChI=1S/C19H18O5/c1-11-14-10-19(2)9-13(23-18(21)15-4-3-7-22-15)6-5-12(19)8-16(14)24-17(11)20/h3-5,7-8,13H,6,9-10H2,1-2H3/t13-,19+/m1/s1. The van der Waals surface area contributed by atoms with Crippen molar-refractivity contribution in [2.24, 2.45) is 5.41 Å². The SMILES string of the molecule is CC1=C2C[C@]3(C)C[C@H](OC(=O)c4ccco4)CC=C3C=C2OC1=O. The lowest BCUT2D eigenvalue weighted by molar-refractivity contribution is -0.133. The van der Waals surface area contributed by atoms with Gasteiger partial charge < -0.3 is 13.9 Å². The fraction of sp³-hybridized carbons (Fsp3) is 0.368. The average Bonchev–Trinajstić information content (AvgIpc) is 3.15. The summed E-state index contributed by atoms with van der Waals surface area (Å²) in [4.78, 5) is 23.9. The third-order valence-corrected chi connectivity index (χ3v) is 5.08. The summed E-state index contributed by atoms with van der Waals surface area (Å²) in [5.41, 5.74) is 2.63. The van der Waals surface area contributed by atoms with Crippen LogP contribution < -0.4 is 0 Å². The molecule has 0 spiro atoms. The molecule has 24 heavy (non-hydrogen) atoms. The molecule has 2 heterocycles. The summed E-state index contributed by atoms with van der Waals surface area (Å²) in [5, 5.41) is 0. The normalized spacial score (nSPS) is 28.6. The summed E-state index contributed by atoms with van der Waals surface area (Å²) in [6.45, 7) is 3.94. The van der Waals surface area contributed by atoms with Gasteiger partial charge in [-0.05, 0) is 43.5 Å². The van der Waals surface area contributed by atoms with Crippen molar-refractivity contribution in [1.82, 2.24) is 0 Å². The number of hydrogen-bond acceptors (Lipinski definition) is 5. The highest BCUT2D eigenvalue weighted by molar-refractivity contribution is 5.94. The Morgan fingerprint density at radius 2 is 2.25 bits per heavy atom. The van der Waals surface area contributed by atoms with E-state index < -0.39 is 5.97 Å². The molecule has 5 nitrogen and oxygen atoms in total. The zero-order valence-corrected chi connectivity index (χ0v) is 13.6. The summed E-state index contributed by atoms with van der Waals surface area (Å²) in [7, 11) is 0. The zero-order valence-electron chi connectivity index (χ0n) is 13.6. The number of esters is 2. The van der Waals surface area contributed by atoms with Crippen molar-refractivity contribution >= 4 is 11.9 Å². The fourth-order valence-electron chi connectivity index (χ4n) is 3.72. The maximum atomic E-state index is 12.1. The molecule has 3 aliphatic rings. The van der Waals surface area contributed by atoms with Crippen LogP contribution in [-0.2, 0) is 14.3 Å². The number of carbonyl (C=O) groups is 2. The van der Waals surface area contributed by atoms with Gasteiger partial charge in [-0.3, -0.25) is 0 Å². The van der Waals surface area contributed by atoms with Gasteiger partial charge in [0.25, 0.3) is 0 Å². The van der Waals surface area contributed by atoms with Gasteiger partial charge in [0.2, 0.25) is 5.76 Å². The Balaban J connectivity index is 1.57. The first-order valence-corrected chi connectivity index (χ1v) is 8.05. The van der Waals surface area contributed by atoms with Crippen molar-refractivity contribution in [2.45, 2.75) is 39.2 Å². The van der Waals surface area contributed by atoms with Crippen LogP contribution in [0.25, 0.3) is 0 Å². The Bertz CT molecular complexity index is 809. The van der Waals surface area contributed by atoms with Gasteiger partial charge in [0.15, 0.2) is 0 Å². The van der Waals surface area contributed by atoms with Crippen LogP contribution in [-0.4, -0.2) is 18.0 Å². The first kappa shape index (κ1) is 15.0. The van der Waals surface area contributed by atoms with Crippen molar-refractivity contribution < 1.29 is 23.5 Å². The molecule has 5 heteroatoms. The lowest BCUT2D eigenvalue weighted by atomic mass is 9.66. The second kappa shape index (κ2) is 5.23. The molecule has 0 aromatic carbocycles. The van der Waals surface area contributed by atoms with Gasteiger partial charge in [0.05, 0.1) is 6.26 Å². The molecule has 0 radical (unpaired) electrons. The van der Waals surface area contributed by atoms with Crippen LogP contribution in [0.4, 0.5) is 0 Å². The molecule has 1 aromatic rings. The van der Waals surface area contributed by atoms with Crippen LogP contribution in [0, 0.1) is 5.41 Å². The van der Waals surface area contributed by atoms with E-state index in [1.807, 2.05) is 6.08 Å². The molecule has 0 bridgehead atoms. The van der Waals surface area contributed by atoms with Crippen LogP contribution >= 0.6 is 0 Å². The van der Waals surface area contributed by atoms with E-state index in [-0.39, 0.29) is 23.2 Å². The van der Waals surface area contributed by atoms with Crippen molar-refractivity contribution in [3.8, 4) is 0 Å². The van der Waals surface area contributed by atoms with E-state index in [0.29, 0.717) is 24.2 Å². The first-order chi connectivity index (χ1) is 11.5. The highest BCUT2D eigenvalue weighted by Crippen LogP contribution is 2.51. The molecule has 4 rings (SSSR count). The number of hydrogen-bond donors (Lipinski definition) is 0. The molecule has 1 aromatic heterocycles. The molecule has 0 amide bonds. The number of carbonyl (C=O) groups excluding carboxylic acids is 2. The lowest BCUT2D eigenvalue weighted by Crippen LogP contribution is -2.34. The minimum Gasteiger partial charge on any atom is -0.457 e. The summed E-state index contributed by atoms with van der Waals surface area (Å²) in [5.74, 6) is 0.188. The smallest absolute Gasteiger partial charge is 0.374 e. The molecule has 0 saturated heterocycles. The minimum absolute atomic E-state index is 0.166. The molecule has 0 fully saturated rings. The molecule has 124 valence electrons. The van der Waals surface area contributed by atoms with Crippen molar-refractivity contribution in [2.75, 3.05) is 0 Å². The molecule has 2 aliphatic carbocycles. The fourth-order valence-corrected chi connectivity index (χ4v) is 3.72. The largest absolute Gasteiger partial charge is 0.457 e. The van der Waals surface area contributed by atoms with E-state index in [0.717, 1.165) is 17.6 Å². The molecule has 2 atom stereocenters. The van der Waals surface area contributed by atoms with E-state index in [1.54, 1.807) is 19.1 Å². The van der Waals surface area contributed by atoms with Gasteiger partial charge in [-0.25, -0.2) is 9.59 Å².